The number of carbonyl (C=O) groups is 1. The van der Waals surface area contributed by atoms with Crippen LogP contribution in [0, 0.1) is 0 Å². The molecule has 24 heavy (non-hydrogen) atoms. The highest BCUT2D eigenvalue weighted by Gasteiger charge is 2.38. The van der Waals surface area contributed by atoms with Gasteiger partial charge in [-0.3, -0.25) is 0 Å². The first-order valence-corrected chi connectivity index (χ1v) is 7.79. The van der Waals surface area contributed by atoms with Crippen LogP contribution in [0.15, 0.2) is 10.6 Å². The summed E-state index contributed by atoms with van der Waals surface area (Å²) in [5, 5.41) is 13.0. The molecular formula is C17H17NO6. The van der Waals surface area contributed by atoms with Gasteiger partial charge in [-0.1, -0.05) is 5.16 Å². The summed E-state index contributed by atoms with van der Waals surface area (Å²) in [7, 11) is 1.61. The molecule has 4 rings (SSSR count). The molecule has 0 saturated carbocycles. The predicted molar refractivity (Wildman–Crippen MR) is 83.0 cm³/mol. The second-order valence-electron chi connectivity index (χ2n) is 6.17. The highest BCUT2D eigenvalue weighted by molar-refractivity contribution is 5.88. The zero-order valence-electron chi connectivity index (χ0n) is 13.6. The van der Waals surface area contributed by atoms with Crippen LogP contribution in [0.3, 0.4) is 0 Å². The Bertz CT molecular complexity index is 801. The standard InChI is InChI=1S/C17H17NO6/c1-7-4-9-13(11-6-12(17(19)20)24-18-11)14-10(5-8(2)22-14)15(21-3)16(9)23-7/h6-8H,4-5H2,1-3H3,(H,19,20). The summed E-state index contributed by atoms with van der Waals surface area (Å²) >= 11 is 0. The second kappa shape index (κ2) is 5.15. The molecule has 2 atom stereocenters. The fraction of sp³-hybridized carbons (Fsp3) is 0.412. The maximum atomic E-state index is 11.1. The average molecular weight is 331 g/mol. The number of hydrogen-bond donors (Lipinski definition) is 1. The van der Waals surface area contributed by atoms with Crippen LogP contribution in [0.5, 0.6) is 17.2 Å². The molecule has 0 bridgehead atoms. The lowest BCUT2D eigenvalue weighted by Crippen LogP contribution is -2.07. The Labute approximate surface area is 138 Å². The van der Waals surface area contributed by atoms with Gasteiger partial charge in [-0.05, 0) is 13.8 Å². The summed E-state index contributed by atoms with van der Waals surface area (Å²) in [6.45, 7) is 3.95. The number of hydrogen-bond acceptors (Lipinski definition) is 6. The van der Waals surface area contributed by atoms with Crippen molar-refractivity contribution >= 4 is 5.97 Å². The van der Waals surface area contributed by atoms with Crippen molar-refractivity contribution < 1.29 is 28.6 Å². The van der Waals surface area contributed by atoms with Crippen molar-refractivity contribution in [1.82, 2.24) is 5.16 Å². The van der Waals surface area contributed by atoms with Crippen LogP contribution in [0.4, 0.5) is 0 Å². The monoisotopic (exact) mass is 331 g/mol. The minimum atomic E-state index is -1.16. The maximum absolute atomic E-state index is 11.1. The van der Waals surface area contributed by atoms with E-state index in [1.165, 1.54) is 6.07 Å². The number of nitrogens with zero attached hydrogens (tertiary/aromatic N) is 1. The Morgan fingerprint density at radius 1 is 1.21 bits per heavy atom. The molecule has 1 aromatic heterocycles. The molecule has 2 aliphatic rings. The van der Waals surface area contributed by atoms with Gasteiger partial charge in [0.2, 0.25) is 5.76 Å². The summed E-state index contributed by atoms with van der Waals surface area (Å²) < 4.78 is 22.5. The number of aromatic carboxylic acids is 1. The van der Waals surface area contributed by atoms with E-state index >= 15 is 0 Å². The first-order valence-electron chi connectivity index (χ1n) is 7.79. The van der Waals surface area contributed by atoms with Crippen molar-refractivity contribution in [1.29, 1.82) is 0 Å². The van der Waals surface area contributed by atoms with Gasteiger partial charge in [0.05, 0.1) is 12.7 Å². The Kier molecular flexibility index (Phi) is 3.19. The number of fused-ring (bicyclic) bond motifs is 2. The van der Waals surface area contributed by atoms with Crippen molar-refractivity contribution in [2.75, 3.05) is 7.11 Å². The van der Waals surface area contributed by atoms with Crippen molar-refractivity contribution in [2.45, 2.75) is 38.9 Å². The van der Waals surface area contributed by atoms with Crippen LogP contribution < -0.4 is 14.2 Å². The third-order valence-corrected chi connectivity index (χ3v) is 4.36. The third-order valence-electron chi connectivity index (χ3n) is 4.36. The van der Waals surface area contributed by atoms with Crippen molar-refractivity contribution in [3.05, 3.63) is 23.0 Å². The summed E-state index contributed by atoms with van der Waals surface area (Å²) in [6, 6.07) is 1.42. The topological polar surface area (TPSA) is 91.0 Å². The molecule has 0 amide bonds. The number of benzene rings is 1. The fourth-order valence-corrected chi connectivity index (χ4v) is 3.45. The molecule has 7 heteroatoms. The minimum Gasteiger partial charge on any atom is -0.492 e. The van der Waals surface area contributed by atoms with E-state index in [-0.39, 0.29) is 18.0 Å². The van der Waals surface area contributed by atoms with Gasteiger partial charge >= 0.3 is 5.97 Å². The quantitative estimate of drug-likeness (QED) is 0.924. The van der Waals surface area contributed by atoms with Gasteiger partial charge in [0.1, 0.15) is 23.7 Å². The van der Waals surface area contributed by atoms with E-state index in [9.17, 15) is 4.79 Å². The van der Waals surface area contributed by atoms with Gasteiger partial charge in [0, 0.05) is 30.0 Å². The van der Waals surface area contributed by atoms with E-state index in [0.29, 0.717) is 35.8 Å². The van der Waals surface area contributed by atoms with Crippen LogP contribution in [-0.2, 0) is 12.8 Å². The van der Waals surface area contributed by atoms with Crippen molar-refractivity contribution in [2.24, 2.45) is 0 Å². The molecule has 0 aliphatic carbocycles. The van der Waals surface area contributed by atoms with Crippen LogP contribution in [0.2, 0.25) is 0 Å². The van der Waals surface area contributed by atoms with Gasteiger partial charge in [-0.25, -0.2) is 4.79 Å². The fourth-order valence-electron chi connectivity index (χ4n) is 3.45. The van der Waals surface area contributed by atoms with E-state index in [2.05, 4.69) is 5.16 Å². The van der Waals surface area contributed by atoms with E-state index in [1.54, 1.807) is 7.11 Å². The van der Waals surface area contributed by atoms with Crippen LogP contribution in [0.25, 0.3) is 11.3 Å². The molecule has 0 fully saturated rings. The molecule has 2 aromatic rings. The number of carboxylic acid groups (broad SMARTS) is 1. The van der Waals surface area contributed by atoms with E-state index < -0.39 is 5.97 Å². The molecular weight excluding hydrogens is 314 g/mol. The molecule has 0 spiro atoms. The van der Waals surface area contributed by atoms with Crippen LogP contribution in [0.1, 0.15) is 35.5 Å². The molecule has 7 nitrogen and oxygen atoms in total. The van der Waals surface area contributed by atoms with Crippen LogP contribution in [-0.4, -0.2) is 35.6 Å². The zero-order chi connectivity index (χ0) is 17.0. The highest BCUT2D eigenvalue weighted by atomic mass is 16.5. The normalized spacial score (nSPS) is 21.0. The number of rotatable bonds is 3. The minimum absolute atomic E-state index is 0.00144. The lowest BCUT2D eigenvalue weighted by molar-refractivity contribution is 0.0652. The number of methoxy groups -OCH3 is 1. The molecule has 2 aliphatic heterocycles. The van der Waals surface area contributed by atoms with Gasteiger partial charge < -0.3 is 23.8 Å². The lowest BCUT2D eigenvalue weighted by atomic mass is 9.95. The van der Waals surface area contributed by atoms with Gasteiger partial charge in [-0.15, -0.1) is 0 Å². The second-order valence-corrected chi connectivity index (χ2v) is 6.17. The van der Waals surface area contributed by atoms with Crippen molar-refractivity contribution in [3.8, 4) is 28.5 Å². The smallest absolute Gasteiger partial charge is 0.374 e. The number of carboxylic acids is 1. The maximum Gasteiger partial charge on any atom is 0.374 e. The molecule has 0 saturated heterocycles. The van der Waals surface area contributed by atoms with Gasteiger partial charge in [0.25, 0.3) is 0 Å². The molecule has 0 radical (unpaired) electrons. The van der Waals surface area contributed by atoms with E-state index in [0.717, 1.165) is 16.7 Å². The molecule has 2 unspecified atom stereocenters. The van der Waals surface area contributed by atoms with Crippen LogP contribution >= 0.6 is 0 Å². The molecule has 126 valence electrons. The summed E-state index contributed by atoms with van der Waals surface area (Å²) in [5.74, 6) is 0.701. The Morgan fingerprint density at radius 2 is 1.88 bits per heavy atom. The summed E-state index contributed by atoms with van der Waals surface area (Å²) in [5.41, 5.74) is 3.02. The average Bonchev–Trinajstić information content (AvgIpc) is 3.21. The molecule has 1 N–H and O–H groups in total. The number of ether oxygens (including phenoxy) is 3. The molecule has 3 heterocycles. The van der Waals surface area contributed by atoms with E-state index in [4.69, 9.17) is 23.8 Å². The third kappa shape index (κ3) is 2.04. The molecule has 1 aromatic carbocycles. The van der Waals surface area contributed by atoms with Gasteiger partial charge in [-0.2, -0.15) is 0 Å². The summed E-state index contributed by atoms with van der Waals surface area (Å²) in [6.07, 6.45) is 1.36. The Hall–Kier alpha value is -2.70. The SMILES string of the molecule is COc1c2c(c(-c3cc(C(=O)O)on3)c3c1OC(C)C3)OC(C)C2. The van der Waals surface area contributed by atoms with Gasteiger partial charge in [0.15, 0.2) is 11.5 Å². The lowest BCUT2D eigenvalue weighted by Gasteiger charge is -2.15. The summed E-state index contributed by atoms with van der Waals surface area (Å²) in [4.78, 5) is 11.1. The predicted octanol–water partition coefficient (Wildman–Crippen LogP) is 2.70. The highest BCUT2D eigenvalue weighted by Crippen LogP contribution is 2.54. The zero-order valence-corrected chi connectivity index (χ0v) is 13.6. The van der Waals surface area contributed by atoms with Crippen molar-refractivity contribution in [3.63, 3.8) is 0 Å². The first-order chi connectivity index (χ1) is 11.5. The Balaban J connectivity index is 1.98. The first kappa shape index (κ1) is 14.9. The largest absolute Gasteiger partial charge is 0.492 e. The Morgan fingerprint density at radius 3 is 2.50 bits per heavy atom. The number of aromatic nitrogens is 1. The van der Waals surface area contributed by atoms with E-state index in [1.807, 2.05) is 13.8 Å².